The highest BCUT2D eigenvalue weighted by Crippen LogP contribution is 2.35. The predicted molar refractivity (Wildman–Crippen MR) is 152 cm³/mol. The van der Waals surface area contributed by atoms with Gasteiger partial charge in [-0.2, -0.15) is 4.31 Å². The van der Waals surface area contributed by atoms with Gasteiger partial charge in [-0.3, -0.25) is 4.79 Å². The van der Waals surface area contributed by atoms with Crippen LogP contribution >= 0.6 is 0 Å². The Morgan fingerprint density at radius 2 is 1.92 bits per heavy atom. The molecule has 1 amide bonds. The van der Waals surface area contributed by atoms with Crippen LogP contribution in [0.4, 0.5) is 10.1 Å². The number of anilines is 1. The third-order valence-corrected chi connectivity index (χ3v) is 9.32. The minimum atomic E-state index is -3.31. The van der Waals surface area contributed by atoms with Crippen LogP contribution in [0.2, 0.25) is 0 Å². The molecule has 0 bridgehead atoms. The topological polar surface area (TPSA) is 114 Å². The van der Waals surface area contributed by atoms with Crippen molar-refractivity contribution in [1.82, 2.24) is 9.62 Å². The number of benzene rings is 2. The lowest BCUT2D eigenvalue weighted by Crippen LogP contribution is -2.53. The second-order valence-electron chi connectivity index (χ2n) is 10.8. The first-order chi connectivity index (χ1) is 18.6. The van der Waals surface area contributed by atoms with Crippen LogP contribution in [0.1, 0.15) is 48.3 Å². The molecule has 4 N–H and O–H groups in total. The van der Waals surface area contributed by atoms with E-state index in [0.29, 0.717) is 63.4 Å². The number of halogens is 1. The number of piperazine rings is 1. The Labute approximate surface area is 231 Å². The van der Waals surface area contributed by atoms with Crippen molar-refractivity contribution in [2.24, 2.45) is 11.7 Å². The van der Waals surface area contributed by atoms with Gasteiger partial charge in [-0.1, -0.05) is 35.9 Å². The number of amides is 1. The van der Waals surface area contributed by atoms with Crippen molar-refractivity contribution in [3.8, 4) is 0 Å². The molecule has 0 radical (unpaired) electrons. The standard InChI is InChI=1S/C29H41FN4O4S/c1-20-9-11-21(12-10-20)27(22-13-17-38-18-14-22)28(31)29(35)33-26-8-4-7-25(30)24(26)6-3-5-23-19-32-15-16-34(23)39(2,36)37/h4,7-12,22-23,27-28,32H,3,5-6,13-19,31H2,1-2H3,(H,33,35)/t23-,27?,28-/m0/s1. The van der Waals surface area contributed by atoms with Crippen LogP contribution in [0.15, 0.2) is 42.5 Å². The zero-order valence-electron chi connectivity index (χ0n) is 22.9. The van der Waals surface area contributed by atoms with Gasteiger partial charge in [0.25, 0.3) is 0 Å². The molecule has 0 saturated carbocycles. The molecule has 39 heavy (non-hydrogen) atoms. The van der Waals surface area contributed by atoms with E-state index in [1.165, 1.54) is 16.6 Å². The normalized spacial score (nSPS) is 20.9. The summed E-state index contributed by atoms with van der Waals surface area (Å²) >= 11 is 0. The second kappa shape index (κ2) is 13.3. The van der Waals surface area contributed by atoms with E-state index in [0.717, 1.165) is 24.0 Å². The van der Waals surface area contributed by atoms with Gasteiger partial charge in [0, 0.05) is 56.1 Å². The molecule has 2 aliphatic rings. The first-order valence-electron chi connectivity index (χ1n) is 13.8. The zero-order valence-corrected chi connectivity index (χ0v) is 23.7. The van der Waals surface area contributed by atoms with Crippen LogP contribution in [0.3, 0.4) is 0 Å². The second-order valence-corrected chi connectivity index (χ2v) is 12.7. The summed E-state index contributed by atoms with van der Waals surface area (Å²) in [5.74, 6) is -0.732. The Balaban J connectivity index is 1.47. The maximum Gasteiger partial charge on any atom is 0.241 e. The Bertz CT molecular complexity index is 1220. The molecule has 0 spiro atoms. The Kier molecular flexibility index (Phi) is 10.1. The fraction of sp³-hybridized carbons (Fsp3) is 0.552. The number of rotatable bonds is 10. The molecule has 1 unspecified atom stereocenters. The van der Waals surface area contributed by atoms with E-state index in [2.05, 4.69) is 10.6 Å². The van der Waals surface area contributed by atoms with Gasteiger partial charge in [0.1, 0.15) is 5.82 Å². The van der Waals surface area contributed by atoms with E-state index in [1.54, 1.807) is 12.1 Å². The molecule has 2 aromatic rings. The van der Waals surface area contributed by atoms with Gasteiger partial charge < -0.3 is 21.1 Å². The van der Waals surface area contributed by atoms with Crippen molar-refractivity contribution < 1.29 is 22.3 Å². The number of aryl methyl sites for hydroxylation is 1. The highest BCUT2D eigenvalue weighted by molar-refractivity contribution is 7.88. The van der Waals surface area contributed by atoms with Gasteiger partial charge in [0.05, 0.1) is 12.3 Å². The quantitative estimate of drug-likeness (QED) is 0.412. The van der Waals surface area contributed by atoms with E-state index in [-0.39, 0.29) is 23.8 Å². The van der Waals surface area contributed by atoms with Crippen molar-refractivity contribution in [3.05, 3.63) is 65.0 Å². The Morgan fingerprint density at radius 1 is 1.21 bits per heavy atom. The third kappa shape index (κ3) is 7.64. The maximum absolute atomic E-state index is 15.0. The molecule has 4 rings (SSSR count). The number of nitrogens with two attached hydrogens (primary N) is 1. The average Bonchev–Trinajstić information content (AvgIpc) is 2.91. The minimum Gasteiger partial charge on any atom is -0.381 e. The summed E-state index contributed by atoms with van der Waals surface area (Å²) in [5, 5.41) is 6.16. The smallest absolute Gasteiger partial charge is 0.241 e. The van der Waals surface area contributed by atoms with Gasteiger partial charge in [-0.15, -0.1) is 0 Å². The molecule has 10 heteroatoms. The molecule has 8 nitrogen and oxygen atoms in total. The molecular formula is C29H41FN4O4S. The van der Waals surface area contributed by atoms with Gasteiger partial charge in [0.2, 0.25) is 15.9 Å². The lowest BCUT2D eigenvalue weighted by atomic mass is 9.76. The molecule has 0 aliphatic carbocycles. The molecule has 2 saturated heterocycles. The third-order valence-electron chi connectivity index (χ3n) is 7.99. The van der Waals surface area contributed by atoms with Crippen molar-refractivity contribution >= 4 is 21.6 Å². The number of carbonyl (C=O) groups excluding carboxylic acids is 1. The first kappa shape index (κ1) is 29.6. The molecule has 214 valence electrons. The molecular weight excluding hydrogens is 519 g/mol. The Morgan fingerprint density at radius 3 is 2.62 bits per heavy atom. The van der Waals surface area contributed by atoms with E-state index in [1.807, 2.05) is 31.2 Å². The van der Waals surface area contributed by atoms with Crippen LogP contribution in [-0.4, -0.2) is 69.8 Å². The van der Waals surface area contributed by atoms with Gasteiger partial charge in [0.15, 0.2) is 0 Å². The Hall–Kier alpha value is -2.37. The van der Waals surface area contributed by atoms with Crippen LogP contribution in [-0.2, 0) is 26.0 Å². The van der Waals surface area contributed by atoms with E-state index < -0.39 is 21.9 Å². The molecule has 2 aliphatic heterocycles. The average molecular weight is 561 g/mol. The van der Waals surface area contributed by atoms with E-state index in [9.17, 15) is 17.6 Å². The summed E-state index contributed by atoms with van der Waals surface area (Å²) in [6, 6.07) is 11.8. The van der Waals surface area contributed by atoms with Crippen LogP contribution in [0, 0.1) is 18.7 Å². The number of hydrogen-bond acceptors (Lipinski definition) is 6. The molecule has 2 fully saturated rings. The summed E-state index contributed by atoms with van der Waals surface area (Å²) < 4.78 is 46.4. The van der Waals surface area contributed by atoms with Crippen LogP contribution in [0.5, 0.6) is 0 Å². The molecule has 2 heterocycles. The molecule has 0 aromatic heterocycles. The van der Waals surface area contributed by atoms with Crippen molar-refractivity contribution in [3.63, 3.8) is 0 Å². The largest absolute Gasteiger partial charge is 0.381 e. The monoisotopic (exact) mass is 560 g/mol. The predicted octanol–water partition coefficient (Wildman–Crippen LogP) is 3.17. The van der Waals surface area contributed by atoms with Gasteiger partial charge >= 0.3 is 0 Å². The highest BCUT2D eigenvalue weighted by Gasteiger charge is 2.34. The number of carbonyl (C=O) groups is 1. The van der Waals surface area contributed by atoms with Crippen LogP contribution in [0.25, 0.3) is 0 Å². The number of ether oxygens (including phenoxy) is 1. The molecule has 2 aromatic carbocycles. The summed E-state index contributed by atoms with van der Waals surface area (Å²) in [6.07, 6.45) is 4.40. The maximum atomic E-state index is 15.0. The lowest BCUT2D eigenvalue weighted by molar-refractivity contribution is -0.118. The number of nitrogens with one attached hydrogen (secondary N) is 2. The van der Waals surface area contributed by atoms with Crippen molar-refractivity contribution in [2.75, 3.05) is 44.4 Å². The summed E-state index contributed by atoms with van der Waals surface area (Å²) in [4.78, 5) is 13.5. The van der Waals surface area contributed by atoms with Crippen LogP contribution < -0.4 is 16.4 Å². The molecule has 3 atom stereocenters. The van der Waals surface area contributed by atoms with Crippen molar-refractivity contribution in [1.29, 1.82) is 0 Å². The van der Waals surface area contributed by atoms with Gasteiger partial charge in [-0.25, -0.2) is 12.8 Å². The summed E-state index contributed by atoms with van der Waals surface area (Å²) in [6.45, 7) is 4.91. The fourth-order valence-electron chi connectivity index (χ4n) is 5.88. The highest BCUT2D eigenvalue weighted by atomic mass is 32.2. The summed E-state index contributed by atoms with van der Waals surface area (Å²) in [7, 11) is -3.31. The minimum absolute atomic E-state index is 0.179. The SMILES string of the molecule is Cc1ccc(C(C2CCOCC2)[C@H](N)C(=O)Nc2cccc(F)c2CCC[C@H]2CNCCN2S(C)(=O)=O)cc1. The van der Waals surface area contributed by atoms with Gasteiger partial charge in [-0.05, 0) is 62.6 Å². The zero-order chi connectivity index (χ0) is 28.0. The van der Waals surface area contributed by atoms with E-state index in [4.69, 9.17) is 10.5 Å². The fourth-order valence-corrected chi connectivity index (χ4v) is 7.03. The number of nitrogens with zero attached hydrogens (tertiary/aromatic N) is 1. The first-order valence-corrected chi connectivity index (χ1v) is 15.7. The number of sulfonamides is 1. The van der Waals surface area contributed by atoms with Crippen molar-refractivity contribution in [2.45, 2.75) is 57.0 Å². The van der Waals surface area contributed by atoms with E-state index >= 15 is 0 Å². The number of hydrogen-bond donors (Lipinski definition) is 3. The summed E-state index contributed by atoms with van der Waals surface area (Å²) in [5.41, 5.74) is 9.61. The lowest BCUT2D eigenvalue weighted by Gasteiger charge is -2.34.